The summed E-state index contributed by atoms with van der Waals surface area (Å²) < 4.78 is 14.8. The van der Waals surface area contributed by atoms with Crippen LogP contribution in [-0.4, -0.2) is 9.97 Å². The Morgan fingerprint density at radius 2 is 2.16 bits per heavy atom. The van der Waals surface area contributed by atoms with E-state index in [0.717, 1.165) is 15.7 Å². The second kappa shape index (κ2) is 4.80. The normalized spacial score (nSPS) is 14.7. The smallest absolute Gasteiger partial charge is 0.144 e. The zero-order valence-electron chi connectivity index (χ0n) is 10.3. The van der Waals surface area contributed by atoms with Crippen molar-refractivity contribution in [2.24, 2.45) is 0 Å². The molecular weight excluding hydrogens is 327 g/mol. The summed E-state index contributed by atoms with van der Waals surface area (Å²) in [5.74, 6) is 1.04. The number of nitrogens with one attached hydrogen (secondary N) is 1. The Bertz CT molecular complexity index is 707. The lowest BCUT2D eigenvalue weighted by molar-refractivity contribution is 0.618. The van der Waals surface area contributed by atoms with Crippen molar-refractivity contribution >= 4 is 28.1 Å². The van der Waals surface area contributed by atoms with Crippen LogP contribution in [0.15, 0.2) is 22.7 Å². The molecule has 0 aliphatic heterocycles. The van der Waals surface area contributed by atoms with Crippen LogP contribution in [0.25, 0.3) is 11.4 Å². The van der Waals surface area contributed by atoms with E-state index in [1.54, 1.807) is 19.1 Å². The van der Waals surface area contributed by atoms with E-state index in [1.807, 2.05) is 0 Å². The van der Waals surface area contributed by atoms with E-state index in [4.69, 9.17) is 12.2 Å². The van der Waals surface area contributed by atoms with Gasteiger partial charge in [-0.1, -0.05) is 12.2 Å². The minimum absolute atomic E-state index is 0.207. The van der Waals surface area contributed by atoms with E-state index in [2.05, 4.69) is 25.9 Å². The highest BCUT2D eigenvalue weighted by Crippen LogP contribution is 2.42. The minimum atomic E-state index is -0.207. The fourth-order valence-electron chi connectivity index (χ4n) is 2.06. The Labute approximate surface area is 124 Å². The molecule has 0 spiro atoms. The zero-order valence-corrected chi connectivity index (χ0v) is 12.7. The van der Waals surface area contributed by atoms with Gasteiger partial charge >= 0.3 is 0 Å². The monoisotopic (exact) mass is 338 g/mol. The van der Waals surface area contributed by atoms with Gasteiger partial charge in [-0.3, -0.25) is 0 Å². The van der Waals surface area contributed by atoms with Crippen LogP contribution in [0.1, 0.15) is 30.0 Å². The molecule has 2 nitrogen and oxygen atoms in total. The van der Waals surface area contributed by atoms with Gasteiger partial charge in [0.05, 0.1) is 4.47 Å². The Kier molecular flexibility index (Phi) is 3.27. The molecule has 1 N–H and O–H groups in total. The van der Waals surface area contributed by atoms with Crippen LogP contribution < -0.4 is 0 Å². The number of H-pyrrole nitrogens is 1. The molecule has 1 heterocycles. The van der Waals surface area contributed by atoms with E-state index in [-0.39, 0.29) is 5.82 Å². The van der Waals surface area contributed by atoms with Crippen LogP contribution in [0.2, 0.25) is 0 Å². The summed E-state index contributed by atoms with van der Waals surface area (Å²) in [5.41, 5.74) is 2.57. The van der Waals surface area contributed by atoms with E-state index in [1.165, 1.54) is 18.9 Å². The molecule has 0 bridgehead atoms. The number of nitrogens with zero attached hydrogens (tertiary/aromatic N) is 1. The van der Waals surface area contributed by atoms with Gasteiger partial charge in [-0.25, -0.2) is 9.37 Å². The summed E-state index contributed by atoms with van der Waals surface area (Å²) >= 11 is 8.78. The molecule has 1 saturated carbocycles. The molecule has 1 aromatic heterocycles. The fourth-order valence-corrected chi connectivity index (χ4v) is 2.77. The third-order valence-corrected chi connectivity index (χ3v) is 4.67. The van der Waals surface area contributed by atoms with Crippen LogP contribution in [0.3, 0.4) is 0 Å². The number of hydrogen-bond donors (Lipinski definition) is 1. The number of rotatable bonds is 2. The molecule has 2 aromatic rings. The van der Waals surface area contributed by atoms with Crippen molar-refractivity contribution in [3.8, 4) is 11.4 Å². The SMILES string of the molecule is Cc1cc(-c2nc(=S)c(Br)c(C3CC3)[nH]2)ccc1F. The number of halogens is 2. The van der Waals surface area contributed by atoms with Gasteiger partial charge in [-0.2, -0.15) is 0 Å². The van der Waals surface area contributed by atoms with Crippen molar-refractivity contribution in [2.45, 2.75) is 25.7 Å². The lowest BCUT2D eigenvalue weighted by Crippen LogP contribution is -1.98. The highest BCUT2D eigenvalue weighted by molar-refractivity contribution is 9.10. The van der Waals surface area contributed by atoms with Gasteiger partial charge in [0.15, 0.2) is 0 Å². The summed E-state index contributed by atoms with van der Waals surface area (Å²) in [7, 11) is 0. The summed E-state index contributed by atoms with van der Waals surface area (Å²) in [6.07, 6.45) is 2.35. The standard InChI is InChI=1S/C14H12BrFN2S/c1-7-6-9(4-5-10(7)16)13-17-12(8-2-3-8)11(15)14(19)18-13/h4-6,8H,2-3H2,1H3,(H,17,18,19). The molecule has 1 fully saturated rings. The number of hydrogen-bond acceptors (Lipinski definition) is 2. The minimum Gasteiger partial charge on any atom is -0.342 e. The number of aromatic nitrogens is 2. The van der Waals surface area contributed by atoms with E-state index in [9.17, 15) is 4.39 Å². The van der Waals surface area contributed by atoms with Crippen molar-refractivity contribution in [3.63, 3.8) is 0 Å². The molecule has 0 amide bonds. The Morgan fingerprint density at radius 1 is 1.42 bits per heavy atom. The van der Waals surface area contributed by atoms with Crippen molar-refractivity contribution in [1.82, 2.24) is 9.97 Å². The van der Waals surface area contributed by atoms with Gasteiger partial charge in [-0.05, 0) is 59.5 Å². The number of aryl methyl sites for hydroxylation is 1. The maximum Gasteiger partial charge on any atom is 0.144 e. The summed E-state index contributed by atoms with van der Waals surface area (Å²) in [5, 5.41) is 0. The van der Waals surface area contributed by atoms with Gasteiger partial charge in [0.25, 0.3) is 0 Å². The van der Waals surface area contributed by atoms with Crippen LogP contribution in [0.4, 0.5) is 4.39 Å². The maximum absolute atomic E-state index is 13.3. The first-order chi connectivity index (χ1) is 9.06. The van der Waals surface area contributed by atoms with Gasteiger partial charge in [0.2, 0.25) is 0 Å². The van der Waals surface area contributed by atoms with E-state index in [0.29, 0.717) is 21.9 Å². The predicted molar refractivity (Wildman–Crippen MR) is 79.2 cm³/mol. The van der Waals surface area contributed by atoms with Gasteiger partial charge < -0.3 is 4.98 Å². The third-order valence-electron chi connectivity index (χ3n) is 3.31. The maximum atomic E-state index is 13.3. The number of aromatic amines is 1. The molecule has 0 atom stereocenters. The van der Waals surface area contributed by atoms with Crippen molar-refractivity contribution in [1.29, 1.82) is 0 Å². The van der Waals surface area contributed by atoms with Gasteiger partial charge in [-0.15, -0.1) is 0 Å². The van der Waals surface area contributed by atoms with Crippen LogP contribution in [0, 0.1) is 17.4 Å². The topological polar surface area (TPSA) is 28.7 Å². The van der Waals surface area contributed by atoms with Crippen LogP contribution in [-0.2, 0) is 0 Å². The molecule has 0 saturated heterocycles. The molecule has 1 aliphatic rings. The molecule has 1 aliphatic carbocycles. The highest BCUT2D eigenvalue weighted by Gasteiger charge is 2.27. The molecule has 5 heteroatoms. The zero-order chi connectivity index (χ0) is 13.6. The van der Waals surface area contributed by atoms with Crippen LogP contribution >= 0.6 is 28.1 Å². The first kappa shape index (κ1) is 12.9. The second-order valence-corrected chi connectivity index (χ2v) is 6.04. The molecule has 0 radical (unpaired) electrons. The first-order valence-corrected chi connectivity index (χ1v) is 7.32. The largest absolute Gasteiger partial charge is 0.342 e. The average Bonchev–Trinajstić information content (AvgIpc) is 3.20. The predicted octanol–water partition coefficient (Wildman–Crippen LogP) is 4.89. The van der Waals surface area contributed by atoms with E-state index >= 15 is 0 Å². The lowest BCUT2D eigenvalue weighted by Gasteiger charge is -2.08. The molecule has 98 valence electrons. The molecule has 0 unspecified atom stereocenters. The van der Waals surface area contributed by atoms with Crippen molar-refractivity contribution in [3.05, 3.63) is 44.4 Å². The van der Waals surface area contributed by atoms with Gasteiger partial charge in [0, 0.05) is 17.2 Å². The summed E-state index contributed by atoms with van der Waals surface area (Å²) in [6, 6.07) is 4.97. The quantitative estimate of drug-likeness (QED) is 0.789. The Hall–Kier alpha value is -1.07. The molecule has 19 heavy (non-hydrogen) atoms. The number of benzene rings is 1. The Morgan fingerprint density at radius 3 is 2.79 bits per heavy atom. The van der Waals surface area contributed by atoms with Crippen molar-refractivity contribution < 1.29 is 4.39 Å². The summed E-state index contributed by atoms with van der Waals surface area (Å²) in [6.45, 7) is 1.74. The Balaban J connectivity index is 2.14. The van der Waals surface area contributed by atoms with E-state index < -0.39 is 0 Å². The third kappa shape index (κ3) is 2.49. The lowest BCUT2D eigenvalue weighted by atomic mass is 10.1. The second-order valence-electron chi connectivity index (χ2n) is 4.86. The van der Waals surface area contributed by atoms with Crippen LogP contribution in [0.5, 0.6) is 0 Å². The summed E-state index contributed by atoms with van der Waals surface area (Å²) in [4.78, 5) is 7.71. The first-order valence-electron chi connectivity index (χ1n) is 6.12. The molecule has 1 aromatic carbocycles. The van der Waals surface area contributed by atoms with Gasteiger partial charge in [0.1, 0.15) is 16.3 Å². The molecule has 3 rings (SSSR count). The average molecular weight is 339 g/mol. The highest BCUT2D eigenvalue weighted by atomic mass is 79.9. The van der Waals surface area contributed by atoms with Crippen molar-refractivity contribution in [2.75, 3.05) is 0 Å². The fraction of sp³-hybridized carbons (Fsp3) is 0.286. The molecular formula is C14H12BrFN2S.